The number of rotatable bonds is 10. The fraction of sp³-hybridized carbons (Fsp3) is 0.440. The summed E-state index contributed by atoms with van der Waals surface area (Å²) in [5.41, 5.74) is 0.649. The van der Waals surface area contributed by atoms with Gasteiger partial charge in [-0.25, -0.2) is 21.8 Å². The van der Waals surface area contributed by atoms with Crippen molar-refractivity contribution in [1.82, 2.24) is 14.2 Å². The second-order valence-electron chi connectivity index (χ2n) is 8.90. The van der Waals surface area contributed by atoms with Gasteiger partial charge in [-0.1, -0.05) is 31.3 Å². The first kappa shape index (κ1) is 28.6. The number of hydrogen-bond donors (Lipinski definition) is 0. The minimum Gasteiger partial charge on any atom is -0.379 e. The number of fused-ring (bicyclic) bond motifs is 1. The number of carbonyl (C=O) groups excluding carboxylic acids is 1. The molecule has 2 heterocycles. The number of sulfone groups is 1. The summed E-state index contributed by atoms with van der Waals surface area (Å²) in [6.07, 6.45) is 1.14. The van der Waals surface area contributed by atoms with Crippen molar-refractivity contribution in [3.8, 4) is 0 Å². The van der Waals surface area contributed by atoms with Gasteiger partial charge in [0.05, 0.1) is 27.7 Å². The number of benzene rings is 2. The number of hydrogen-bond acceptors (Lipinski definition) is 9. The Morgan fingerprint density at radius 2 is 1.66 bits per heavy atom. The van der Waals surface area contributed by atoms with Gasteiger partial charge in [-0.15, -0.1) is 0 Å². The van der Waals surface area contributed by atoms with E-state index in [1.807, 2.05) is 13.8 Å². The fourth-order valence-corrected chi connectivity index (χ4v) is 7.57. The first-order valence-electron chi connectivity index (χ1n) is 12.4. The lowest BCUT2D eigenvalue weighted by molar-refractivity contribution is 0.0730. The molecular weight excluding hydrogens is 548 g/mol. The van der Waals surface area contributed by atoms with Crippen LogP contribution in [0, 0.1) is 0 Å². The molecule has 1 fully saturated rings. The highest BCUT2D eigenvalue weighted by atomic mass is 32.2. The number of sulfonamides is 1. The Kier molecular flexibility index (Phi) is 8.85. The monoisotopic (exact) mass is 580 g/mol. The number of anilines is 1. The number of carbonyl (C=O) groups is 1. The third-order valence-corrected chi connectivity index (χ3v) is 10.6. The van der Waals surface area contributed by atoms with E-state index in [2.05, 4.69) is 9.88 Å². The average molecular weight is 581 g/mol. The van der Waals surface area contributed by atoms with Gasteiger partial charge in [-0.3, -0.25) is 9.69 Å². The molecule has 3 aromatic rings. The van der Waals surface area contributed by atoms with Crippen molar-refractivity contribution in [3.05, 3.63) is 48.0 Å². The first-order valence-corrected chi connectivity index (χ1v) is 16.5. The summed E-state index contributed by atoms with van der Waals surface area (Å²) < 4.78 is 57.9. The van der Waals surface area contributed by atoms with Crippen LogP contribution in [0.4, 0.5) is 5.13 Å². The second kappa shape index (κ2) is 11.8. The van der Waals surface area contributed by atoms with E-state index in [0.717, 1.165) is 19.3 Å². The summed E-state index contributed by atoms with van der Waals surface area (Å²) in [6.45, 7) is 7.90. The molecule has 1 amide bonds. The molecule has 10 nitrogen and oxygen atoms in total. The molecule has 0 N–H and O–H groups in total. The highest BCUT2D eigenvalue weighted by Gasteiger charge is 2.28. The second-order valence-corrected chi connectivity index (χ2v) is 13.8. The van der Waals surface area contributed by atoms with Crippen LogP contribution >= 0.6 is 11.3 Å². The van der Waals surface area contributed by atoms with E-state index in [9.17, 15) is 21.6 Å². The van der Waals surface area contributed by atoms with Gasteiger partial charge >= 0.3 is 0 Å². The van der Waals surface area contributed by atoms with E-state index in [1.165, 1.54) is 46.0 Å². The van der Waals surface area contributed by atoms with Crippen LogP contribution in [-0.4, -0.2) is 95.7 Å². The predicted octanol–water partition coefficient (Wildman–Crippen LogP) is 2.71. The molecule has 4 rings (SSSR count). The zero-order chi connectivity index (χ0) is 27.5. The van der Waals surface area contributed by atoms with Crippen LogP contribution in [0.1, 0.15) is 24.2 Å². The summed E-state index contributed by atoms with van der Waals surface area (Å²) in [5, 5.41) is 0.387. The van der Waals surface area contributed by atoms with Crippen LogP contribution in [0.5, 0.6) is 0 Å². The highest BCUT2D eigenvalue weighted by molar-refractivity contribution is 7.91. The largest absolute Gasteiger partial charge is 0.379 e. The quantitative estimate of drug-likeness (QED) is 0.359. The molecule has 2 aromatic carbocycles. The van der Waals surface area contributed by atoms with E-state index in [1.54, 1.807) is 17.0 Å². The van der Waals surface area contributed by atoms with Crippen molar-refractivity contribution in [2.24, 2.45) is 0 Å². The van der Waals surface area contributed by atoms with Gasteiger partial charge < -0.3 is 9.64 Å². The van der Waals surface area contributed by atoms with Crippen molar-refractivity contribution in [2.75, 3.05) is 63.6 Å². The summed E-state index contributed by atoms with van der Waals surface area (Å²) in [7, 11) is -7.20. The Bertz CT molecular complexity index is 1490. The molecule has 1 aliphatic heterocycles. The smallest absolute Gasteiger partial charge is 0.260 e. The van der Waals surface area contributed by atoms with Gasteiger partial charge in [0.25, 0.3) is 5.91 Å². The van der Waals surface area contributed by atoms with Crippen molar-refractivity contribution >= 4 is 52.5 Å². The topological polar surface area (TPSA) is 117 Å². The molecule has 1 aliphatic rings. The predicted molar refractivity (Wildman–Crippen MR) is 148 cm³/mol. The van der Waals surface area contributed by atoms with Crippen molar-refractivity contribution in [3.63, 3.8) is 0 Å². The standard InChI is InChI=1S/C25H32N4O6S3/c1-4-27(5-2)13-14-29(25-26-23-21(36-25)7-6-8-22(23)37(3,31)32)24(30)19-9-11-20(12-10-19)38(33,34)28-15-17-35-18-16-28/h6-12H,4-5,13-18H2,1-3H3. The summed E-state index contributed by atoms with van der Waals surface area (Å²) in [5.74, 6) is -0.340. The SMILES string of the molecule is CCN(CC)CCN(C(=O)c1ccc(S(=O)(=O)N2CCOCC2)cc1)c1nc2c(S(C)(=O)=O)cccc2s1. The number of ether oxygens (including phenoxy) is 1. The number of para-hydroxylation sites is 1. The molecule has 0 bridgehead atoms. The van der Waals surface area contributed by atoms with Gasteiger partial charge in [0.1, 0.15) is 5.52 Å². The molecule has 1 aromatic heterocycles. The number of morpholine rings is 1. The third-order valence-electron chi connectivity index (χ3n) is 6.49. The van der Waals surface area contributed by atoms with Crippen LogP contribution in [0.25, 0.3) is 10.2 Å². The molecule has 0 aliphatic carbocycles. The van der Waals surface area contributed by atoms with Gasteiger partial charge in [0.2, 0.25) is 10.0 Å². The Morgan fingerprint density at radius 3 is 2.26 bits per heavy atom. The molecule has 0 spiro atoms. The summed E-state index contributed by atoms with van der Waals surface area (Å²) in [6, 6.07) is 10.9. The normalized spacial score (nSPS) is 15.3. The Morgan fingerprint density at radius 1 is 1.00 bits per heavy atom. The molecule has 0 saturated carbocycles. The van der Waals surface area contributed by atoms with Crippen LogP contribution < -0.4 is 4.90 Å². The van der Waals surface area contributed by atoms with Crippen LogP contribution in [-0.2, 0) is 24.6 Å². The lowest BCUT2D eigenvalue weighted by atomic mass is 10.2. The lowest BCUT2D eigenvalue weighted by Gasteiger charge is -2.26. The molecular formula is C25H32N4O6S3. The summed E-state index contributed by atoms with van der Waals surface area (Å²) >= 11 is 1.25. The van der Waals surface area contributed by atoms with E-state index in [4.69, 9.17) is 4.74 Å². The fourth-order valence-electron chi connectivity index (χ4n) is 4.25. The maximum absolute atomic E-state index is 13.7. The molecule has 206 valence electrons. The van der Waals surface area contributed by atoms with E-state index < -0.39 is 19.9 Å². The molecule has 0 radical (unpaired) electrons. The van der Waals surface area contributed by atoms with Crippen molar-refractivity contribution in [1.29, 1.82) is 0 Å². The third kappa shape index (κ3) is 6.08. The van der Waals surface area contributed by atoms with Gasteiger partial charge in [-0.2, -0.15) is 4.31 Å². The Balaban J connectivity index is 1.68. The maximum atomic E-state index is 13.7. The molecule has 38 heavy (non-hydrogen) atoms. The average Bonchev–Trinajstić information content (AvgIpc) is 3.35. The summed E-state index contributed by atoms with van der Waals surface area (Å²) in [4.78, 5) is 22.3. The van der Waals surface area contributed by atoms with E-state index in [-0.39, 0.29) is 28.8 Å². The minimum absolute atomic E-state index is 0.114. The molecule has 0 unspecified atom stereocenters. The van der Waals surface area contributed by atoms with Crippen LogP contribution in [0.15, 0.2) is 52.3 Å². The number of likely N-dealkylation sites (N-methyl/N-ethyl adjacent to an activating group) is 1. The number of nitrogens with zero attached hydrogens (tertiary/aromatic N) is 4. The Hall–Kier alpha value is -2.42. The van der Waals surface area contributed by atoms with Crippen LogP contribution in [0.2, 0.25) is 0 Å². The number of aromatic nitrogens is 1. The molecule has 1 saturated heterocycles. The zero-order valence-electron chi connectivity index (χ0n) is 21.7. The van der Waals surface area contributed by atoms with Gasteiger partial charge in [-0.05, 0) is 49.5 Å². The Labute approximate surface area is 227 Å². The number of amides is 1. The zero-order valence-corrected chi connectivity index (χ0v) is 24.1. The maximum Gasteiger partial charge on any atom is 0.260 e. The van der Waals surface area contributed by atoms with E-state index >= 15 is 0 Å². The number of thiazole rings is 1. The molecule has 0 atom stereocenters. The van der Waals surface area contributed by atoms with Gasteiger partial charge in [0, 0.05) is 38.0 Å². The minimum atomic E-state index is -3.69. The van der Waals surface area contributed by atoms with Crippen molar-refractivity contribution < 1.29 is 26.4 Å². The lowest BCUT2D eigenvalue weighted by Crippen LogP contribution is -2.40. The highest BCUT2D eigenvalue weighted by Crippen LogP contribution is 2.33. The van der Waals surface area contributed by atoms with E-state index in [0.29, 0.717) is 47.2 Å². The molecule has 13 heteroatoms. The first-order chi connectivity index (χ1) is 18.1. The van der Waals surface area contributed by atoms with Crippen LogP contribution in [0.3, 0.4) is 0 Å². The van der Waals surface area contributed by atoms with Gasteiger partial charge in [0.15, 0.2) is 15.0 Å². The van der Waals surface area contributed by atoms with Crippen molar-refractivity contribution in [2.45, 2.75) is 23.6 Å².